The molecule has 0 bridgehead atoms. The van der Waals surface area contributed by atoms with Crippen molar-refractivity contribution in [1.29, 1.82) is 0 Å². The van der Waals surface area contributed by atoms with Gasteiger partial charge < -0.3 is 15.1 Å². The van der Waals surface area contributed by atoms with Gasteiger partial charge in [-0.15, -0.1) is 0 Å². The maximum atomic E-state index is 11.8. The van der Waals surface area contributed by atoms with Crippen molar-refractivity contribution >= 4 is 36.2 Å². The molecule has 1 atom stereocenters. The van der Waals surface area contributed by atoms with E-state index in [9.17, 15) is 14.4 Å². The number of amides is 1. The average molecular weight is 281 g/mol. The van der Waals surface area contributed by atoms with Crippen molar-refractivity contribution in [2.45, 2.75) is 11.7 Å². The largest absolute Gasteiger partial charge is 0.478 e. The molecule has 0 saturated carbocycles. The molecule has 19 heavy (non-hydrogen) atoms. The van der Waals surface area contributed by atoms with E-state index in [1.807, 2.05) is 0 Å². The summed E-state index contributed by atoms with van der Waals surface area (Å²) in [5, 5.41) is 17.9. The molecule has 1 aromatic rings. The highest BCUT2D eigenvalue weighted by Crippen LogP contribution is 2.28. The number of benzene rings is 1. The minimum atomic E-state index is -1.21. The Morgan fingerprint density at radius 2 is 1.95 bits per heavy atom. The second kappa shape index (κ2) is 4.93. The first-order valence-electron chi connectivity index (χ1n) is 5.49. The minimum absolute atomic E-state index is 0.0598. The van der Waals surface area contributed by atoms with Crippen LogP contribution in [0.4, 0.5) is 5.69 Å². The van der Waals surface area contributed by atoms with E-state index in [1.165, 1.54) is 23.1 Å². The fourth-order valence-electron chi connectivity index (χ4n) is 1.99. The number of carbonyl (C=O) groups is 3. The zero-order valence-corrected chi connectivity index (χ0v) is 10.6. The van der Waals surface area contributed by atoms with Crippen LogP contribution in [0.25, 0.3) is 0 Å². The standard InChI is InChI=1S/C12H11NO5S/c14-10-4-7(19)5-13(10)9-3-6(11(15)16)1-2-8(9)12(17)18/h1-3,7,19H,4-5H2,(H,15,16)(H,17,18). The zero-order valence-electron chi connectivity index (χ0n) is 9.74. The van der Waals surface area contributed by atoms with E-state index in [4.69, 9.17) is 10.2 Å². The Morgan fingerprint density at radius 3 is 2.42 bits per heavy atom. The number of rotatable bonds is 3. The van der Waals surface area contributed by atoms with Crippen molar-refractivity contribution in [2.75, 3.05) is 11.4 Å². The number of thiol groups is 1. The summed E-state index contributed by atoms with van der Waals surface area (Å²) in [4.78, 5) is 35.1. The highest BCUT2D eigenvalue weighted by Gasteiger charge is 2.31. The molecule has 7 heteroatoms. The van der Waals surface area contributed by atoms with Crippen molar-refractivity contribution in [1.82, 2.24) is 0 Å². The Balaban J connectivity index is 2.52. The molecular weight excluding hydrogens is 270 g/mol. The smallest absolute Gasteiger partial charge is 0.337 e. The molecule has 2 N–H and O–H groups in total. The second-order valence-electron chi connectivity index (χ2n) is 4.20. The molecule has 1 heterocycles. The number of nitrogens with zero attached hydrogens (tertiary/aromatic N) is 1. The number of aromatic carboxylic acids is 2. The van der Waals surface area contributed by atoms with Gasteiger partial charge in [-0.25, -0.2) is 9.59 Å². The molecule has 1 fully saturated rings. The summed E-state index contributed by atoms with van der Waals surface area (Å²) in [6, 6.07) is 3.60. The molecule has 1 aromatic carbocycles. The van der Waals surface area contributed by atoms with Crippen molar-refractivity contribution < 1.29 is 24.6 Å². The summed E-state index contributed by atoms with van der Waals surface area (Å²) in [7, 11) is 0. The van der Waals surface area contributed by atoms with E-state index in [1.54, 1.807) is 0 Å². The molecule has 1 amide bonds. The molecular formula is C12H11NO5S. The molecule has 6 nitrogen and oxygen atoms in total. The van der Waals surface area contributed by atoms with Gasteiger partial charge in [0.15, 0.2) is 0 Å². The molecule has 0 aromatic heterocycles. The lowest BCUT2D eigenvalue weighted by molar-refractivity contribution is -0.117. The predicted molar refractivity (Wildman–Crippen MR) is 70.1 cm³/mol. The van der Waals surface area contributed by atoms with Crippen LogP contribution in [-0.2, 0) is 4.79 Å². The summed E-state index contributed by atoms with van der Waals surface area (Å²) < 4.78 is 0. The van der Waals surface area contributed by atoms with Crippen molar-refractivity contribution in [3.63, 3.8) is 0 Å². The van der Waals surface area contributed by atoms with Gasteiger partial charge in [0.05, 0.1) is 16.8 Å². The number of hydrogen-bond donors (Lipinski definition) is 3. The molecule has 100 valence electrons. The molecule has 0 radical (unpaired) electrons. The van der Waals surface area contributed by atoms with Crippen molar-refractivity contribution in [3.05, 3.63) is 29.3 Å². The topological polar surface area (TPSA) is 94.9 Å². The normalized spacial score (nSPS) is 18.7. The van der Waals surface area contributed by atoms with Gasteiger partial charge in [-0.1, -0.05) is 0 Å². The van der Waals surface area contributed by atoms with Gasteiger partial charge in [0, 0.05) is 18.2 Å². The fraction of sp³-hybridized carbons (Fsp3) is 0.250. The Hall–Kier alpha value is -2.02. The van der Waals surface area contributed by atoms with Gasteiger partial charge in [-0.2, -0.15) is 12.6 Å². The van der Waals surface area contributed by atoms with Crippen LogP contribution in [0.2, 0.25) is 0 Å². The van der Waals surface area contributed by atoms with Crippen LogP contribution >= 0.6 is 12.6 Å². The molecule has 2 rings (SSSR count). The van der Waals surface area contributed by atoms with E-state index in [0.717, 1.165) is 0 Å². The Bertz CT molecular complexity index is 571. The number of hydrogen-bond acceptors (Lipinski definition) is 4. The first-order valence-corrected chi connectivity index (χ1v) is 6.01. The van der Waals surface area contributed by atoms with Gasteiger partial charge in [-0.05, 0) is 18.2 Å². The van der Waals surface area contributed by atoms with Gasteiger partial charge in [0.25, 0.3) is 0 Å². The SMILES string of the molecule is O=C(O)c1ccc(C(=O)O)c(N2CC(S)CC2=O)c1. The Labute approximate surface area is 114 Å². The number of anilines is 1. The highest BCUT2D eigenvalue weighted by molar-refractivity contribution is 7.81. The highest BCUT2D eigenvalue weighted by atomic mass is 32.1. The van der Waals surface area contributed by atoms with Crippen LogP contribution in [0.5, 0.6) is 0 Å². The fourth-order valence-corrected chi connectivity index (χ4v) is 2.31. The first-order chi connectivity index (χ1) is 8.90. The predicted octanol–water partition coefficient (Wildman–Crippen LogP) is 1.12. The summed E-state index contributed by atoms with van der Waals surface area (Å²) in [5.74, 6) is -2.64. The van der Waals surface area contributed by atoms with Crippen molar-refractivity contribution in [3.8, 4) is 0 Å². The lowest BCUT2D eigenvalue weighted by Crippen LogP contribution is -2.27. The van der Waals surface area contributed by atoms with Gasteiger partial charge in [-0.3, -0.25) is 4.79 Å². The van der Waals surface area contributed by atoms with Gasteiger partial charge in [0.2, 0.25) is 5.91 Å². The third kappa shape index (κ3) is 2.55. The second-order valence-corrected chi connectivity index (χ2v) is 4.93. The molecule has 0 spiro atoms. The van der Waals surface area contributed by atoms with Crippen molar-refractivity contribution in [2.24, 2.45) is 0 Å². The maximum absolute atomic E-state index is 11.8. The number of carbonyl (C=O) groups excluding carboxylic acids is 1. The zero-order chi connectivity index (χ0) is 14.2. The van der Waals surface area contributed by atoms with Crippen LogP contribution in [0.3, 0.4) is 0 Å². The molecule has 1 unspecified atom stereocenters. The average Bonchev–Trinajstić information content (AvgIpc) is 2.67. The lowest BCUT2D eigenvalue weighted by Gasteiger charge is -2.18. The monoisotopic (exact) mass is 281 g/mol. The minimum Gasteiger partial charge on any atom is -0.478 e. The van der Waals surface area contributed by atoms with Gasteiger partial charge in [0.1, 0.15) is 0 Å². The van der Waals surface area contributed by atoms with E-state index in [0.29, 0.717) is 0 Å². The third-order valence-corrected chi connectivity index (χ3v) is 3.22. The van der Waals surface area contributed by atoms with E-state index < -0.39 is 11.9 Å². The Morgan fingerprint density at radius 1 is 1.26 bits per heavy atom. The van der Waals surface area contributed by atoms with E-state index in [-0.39, 0.29) is 40.9 Å². The van der Waals surface area contributed by atoms with E-state index >= 15 is 0 Å². The number of carboxylic acid groups (broad SMARTS) is 2. The summed E-state index contributed by atoms with van der Waals surface area (Å²) >= 11 is 4.19. The molecule has 0 aliphatic carbocycles. The molecule has 1 aliphatic heterocycles. The first kappa shape index (κ1) is 13.4. The van der Waals surface area contributed by atoms with Crippen LogP contribution in [0, 0.1) is 0 Å². The third-order valence-electron chi connectivity index (χ3n) is 2.87. The van der Waals surface area contributed by atoms with E-state index in [2.05, 4.69) is 12.6 Å². The maximum Gasteiger partial charge on any atom is 0.337 e. The summed E-state index contributed by atoms with van der Waals surface area (Å²) in [6.07, 6.45) is 0.208. The molecule has 1 saturated heterocycles. The summed E-state index contributed by atoms with van der Waals surface area (Å²) in [5.41, 5.74) is -0.0508. The van der Waals surface area contributed by atoms with Crippen LogP contribution in [0.15, 0.2) is 18.2 Å². The lowest BCUT2D eigenvalue weighted by atomic mass is 10.1. The Kier molecular flexibility index (Phi) is 3.48. The number of carboxylic acids is 2. The van der Waals surface area contributed by atoms with Crippen LogP contribution in [-0.4, -0.2) is 39.9 Å². The van der Waals surface area contributed by atoms with Crippen LogP contribution < -0.4 is 4.90 Å². The van der Waals surface area contributed by atoms with Crippen LogP contribution in [0.1, 0.15) is 27.1 Å². The quantitative estimate of drug-likeness (QED) is 0.722. The van der Waals surface area contributed by atoms with Gasteiger partial charge >= 0.3 is 11.9 Å². The molecule has 1 aliphatic rings. The summed E-state index contributed by atoms with van der Waals surface area (Å²) in [6.45, 7) is 0.269.